The van der Waals surface area contributed by atoms with E-state index in [1.54, 1.807) is 0 Å². The fraction of sp³-hybridized carbons (Fsp3) is 0.471. The Morgan fingerprint density at radius 1 is 1.35 bits per heavy atom. The summed E-state index contributed by atoms with van der Waals surface area (Å²) in [5, 5.41) is 5.13. The molecule has 0 aromatic heterocycles. The zero-order valence-corrected chi connectivity index (χ0v) is 13.6. The van der Waals surface area contributed by atoms with Crippen molar-refractivity contribution in [3.05, 3.63) is 23.8 Å². The van der Waals surface area contributed by atoms with Gasteiger partial charge in [-0.25, -0.2) is 0 Å². The third-order valence-corrected chi connectivity index (χ3v) is 4.04. The molecule has 2 N–H and O–H groups in total. The van der Waals surface area contributed by atoms with Crippen LogP contribution in [0, 0.1) is 0 Å². The van der Waals surface area contributed by atoms with E-state index in [1.165, 1.54) is 0 Å². The van der Waals surface area contributed by atoms with Gasteiger partial charge in [-0.15, -0.1) is 0 Å². The third-order valence-electron chi connectivity index (χ3n) is 4.04. The van der Waals surface area contributed by atoms with E-state index in [0.717, 1.165) is 24.1 Å². The van der Waals surface area contributed by atoms with Crippen LogP contribution >= 0.6 is 0 Å². The largest absolute Gasteiger partial charge is 0.358 e. The first-order chi connectivity index (χ1) is 11.1. The number of nitrogens with zero attached hydrogens (tertiary/aromatic N) is 1. The van der Waals surface area contributed by atoms with Crippen molar-refractivity contribution < 1.29 is 14.4 Å². The highest BCUT2D eigenvalue weighted by Crippen LogP contribution is 2.31. The van der Waals surface area contributed by atoms with Crippen LogP contribution < -0.4 is 15.5 Å². The van der Waals surface area contributed by atoms with Gasteiger partial charge in [0.15, 0.2) is 0 Å². The van der Waals surface area contributed by atoms with Crippen molar-refractivity contribution in [1.29, 1.82) is 0 Å². The number of nitrogens with one attached hydrogen (secondary N) is 2. The quantitative estimate of drug-likeness (QED) is 0.594. The monoisotopic (exact) mass is 317 g/mol. The first-order valence-corrected chi connectivity index (χ1v) is 8.04. The molecule has 1 unspecified atom stereocenters. The molecule has 0 saturated carbocycles. The number of benzene rings is 1. The Morgan fingerprint density at radius 2 is 2.13 bits per heavy atom. The van der Waals surface area contributed by atoms with Gasteiger partial charge in [0.05, 0.1) is 11.4 Å². The Morgan fingerprint density at radius 3 is 2.74 bits per heavy atom. The van der Waals surface area contributed by atoms with E-state index in [1.807, 2.05) is 36.9 Å². The fourth-order valence-corrected chi connectivity index (χ4v) is 2.90. The molecular formula is C17H23N3O3. The normalized spacial score (nSPS) is 17.6. The lowest BCUT2D eigenvalue weighted by Gasteiger charge is -2.35. The summed E-state index contributed by atoms with van der Waals surface area (Å²) in [7, 11) is 0. The van der Waals surface area contributed by atoms with Gasteiger partial charge >= 0.3 is 0 Å². The molecule has 2 rings (SSSR count). The average molecular weight is 317 g/mol. The standard InChI is InChI=1S/C17H23N3O3/c1-3-9-20(15-7-8-16(22)19-17(15)23)14-6-5-12(4-2)10-13(14)18-11-21/h5-6,10-11,15H,3-4,7-9H2,1-2H3,(H,18,21)(H,19,22,23). The number of imide groups is 1. The van der Waals surface area contributed by atoms with Crippen molar-refractivity contribution >= 4 is 29.6 Å². The van der Waals surface area contributed by atoms with E-state index in [-0.39, 0.29) is 11.8 Å². The molecule has 1 aliphatic rings. The van der Waals surface area contributed by atoms with Gasteiger partial charge in [-0.05, 0) is 37.0 Å². The number of hydrogen-bond donors (Lipinski definition) is 2. The number of carbonyl (C=O) groups is 3. The van der Waals surface area contributed by atoms with Crippen LogP contribution in [-0.4, -0.2) is 30.8 Å². The molecule has 1 fully saturated rings. The van der Waals surface area contributed by atoms with Crippen LogP contribution in [-0.2, 0) is 20.8 Å². The fourth-order valence-electron chi connectivity index (χ4n) is 2.90. The SMILES string of the molecule is CCCN(c1ccc(CC)cc1NC=O)C1CCC(=O)NC1=O. The number of hydrogen-bond acceptors (Lipinski definition) is 4. The Labute approximate surface area is 136 Å². The minimum Gasteiger partial charge on any atom is -0.358 e. The highest BCUT2D eigenvalue weighted by atomic mass is 16.2. The Balaban J connectivity index is 2.38. The maximum absolute atomic E-state index is 12.2. The smallest absolute Gasteiger partial charge is 0.249 e. The molecule has 1 saturated heterocycles. The zero-order chi connectivity index (χ0) is 16.8. The summed E-state index contributed by atoms with van der Waals surface area (Å²) in [6.45, 7) is 4.75. The molecule has 23 heavy (non-hydrogen) atoms. The van der Waals surface area contributed by atoms with E-state index < -0.39 is 6.04 Å². The molecule has 0 bridgehead atoms. The first-order valence-electron chi connectivity index (χ1n) is 8.04. The molecule has 6 nitrogen and oxygen atoms in total. The van der Waals surface area contributed by atoms with E-state index >= 15 is 0 Å². The topological polar surface area (TPSA) is 78.5 Å². The number of anilines is 2. The van der Waals surface area contributed by atoms with E-state index in [4.69, 9.17) is 0 Å². The molecule has 1 atom stereocenters. The summed E-state index contributed by atoms with van der Waals surface area (Å²) in [5.41, 5.74) is 2.61. The van der Waals surface area contributed by atoms with Crippen molar-refractivity contribution in [1.82, 2.24) is 5.32 Å². The van der Waals surface area contributed by atoms with Crippen LogP contribution in [0.4, 0.5) is 11.4 Å². The van der Waals surface area contributed by atoms with Crippen molar-refractivity contribution in [2.75, 3.05) is 16.8 Å². The predicted molar refractivity (Wildman–Crippen MR) is 89.3 cm³/mol. The molecule has 124 valence electrons. The van der Waals surface area contributed by atoms with Crippen LogP contribution in [0.5, 0.6) is 0 Å². The van der Waals surface area contributed by atoms with Crippen LogP contribution in [0.1, 0.15) is 38.7 Å². The second-order valence-corrected chi connectivity index (χ2v) is 5.63. The van der Waals surface area contributed by atoms with Gasteiger partial charge in [0, 0.05) is 13.0 Å². The number of rotatable bonds is 7. The van der Waals surface area contributed by atoms with Gasteiger partial charge in [-0.1, -0.05) is 19.9 Å². The average Bonchev–Trinajstić information content (AvgIpc) is 2.54. The molecule has 0 aliphatic carbocycles. The first kappa shape index (κ1) is 17.0. The summed E-state index contributed by atoms with van der Waals surface area (Å²) in [5.74, 6) is -0.499. The summed E-state index contributed by atoms with van der Waals surface area (Å²) in [4.78, 5) is 36.5. The van der Waals surface area contributed by atoms with Crippen molar-refractivity contribution in [3.8, 4) is 0 Å². The maximum Gasteiger partial charge on any atom is 0.249 e. The lowest BCUT2D eigenvalue weighted by atomic mass is 10.0. The summed E-state index contributed by atoms with van der Waals surface area (Å²) >= 11 is 0. The van der Waals surface area contributed by atoms with Gasteiger partial charge in [0.1, 0.15) is 6.04 Å². The van der Waals surface area contributed by atoms with Crippen molar-refractivity contribution in [2.24, 2.45) is 0 Å². The molecule has 0 radical (unpaired) electrons. The highest BCUT2D eigenvalue weighted by Gasteiger charge is 2.32. The predicted octanol–water partition coefficient (Wildman–Crippen LogP) is 1.84. The van der Waals surface area contributed by atoms with E-state index in [2.05, 4.69) is 10.6 Å². The lowest BCUT2D eigenvalue weighted by molar-refractivity contribution is -0.134. The van der Waals surface area contributed by atoms with Crippen molar-refractivity contribution in [2.45, 2.75) is 45.6 Å². The zero-order valence-electron chi connectivity index (χ0n) is 13.6. The van der Waals surface area contributed by atoms with Crippen LogP contribution in [0.2, 0.25) is 0 Å². The van der Waals surface area contributed by atoms with Gasteiger partial charge in [0.2, 0.25) is 18.2 Å². The summed E-state index contributed by atoms with van der Waals surface area (Å²) in [6.07, 6.45) is 3.18. The molecule has 1 aromatic carbocycles. The third kappa shape index (κ3) is 3.88. The Bertz CT molecular complexity index is 601. The molecule has 6 heteroatoms. The summed E-state index contributed by atoms with van der Waals surface area (Å²) < 4.78 is 0. The van der Waals surface area contributed by atoms with Gasteiger partial charge in [-0.3, -0.25) is 19.7 Å². The minimum atomic E-state index is -0.396. The minimum absolute atomic E-state index is 0.227. The second kappa shape index (κ2) is 7.76. The molecule has 0 spiro atoms. The number of aryl methyl sites for hydroxylation is 1. The Kier molecular flexibility index (Phi) is 5.73. The molecule has 3 amide bonds. The van der Waals surface area contributed by atoms with Gasteiger partial charge in [-0.2, -0.15) is 0 Å². The van der Waals surface area contributed by atoms with Crippen LogP contribution in [0.3, 0.4) is 0 Å². The number of amides is 3. The van der Waals surface area contributed by atoms with Crippen LogP contribution in [0.25, 0.3) is 0 Å². The molecule has 1 aromatic rings. The van der Waals surface area contributed by atoms with Gasteiger partial charge in [0.25, 0.3) is 0 Å². The van der Waals surface area contributed by atoms with Crippen molar-refractivity contribution in [3.63, 3.8) is 0 Å². The highest BCUT2D eigenvalue weighted by molar-refractivity contribution is 6.02. The lowest BCUT2D eigenvalue weighted by Crippen LogP contribution is -2.53. The molecular weight excluding hydrogens is 294 g/mol. The maximum atomic E-state index is 12.2. The van der Waals surface area contributed by atoms with Crippen LogP contribution in [0.15, 0.2) is 18.2 Å². The second-order valence-electron chi connectivity index (χ2n) is 5.63. The van der Waals surface area contributed by atoms with Gasteiger partial charge < -0.3 is 10.2 Å². The van der Waals surface area contributed by atoms with E-state index in [9.17, 15) is 14.4 Å². The summed E-state index contributed by atoms with van der Waals surface area (Å²) in [6, 6.07) is 5.47. The Hall–Kier alpha value is -2.37. The molecule has 1 aliphatic heterocycles. The van der Waals surface area contributed by atoms with E-state index in [0.29, 0.717) is 31.5 Å². The number of carbonyl (C=O) groups excluding carboxylic acids is 3. The number of piperidine rings is 1. The molecule has 1 heterocycles.